The number of carbonyl (C=O) groups excluding carboxylic acids is 1. The van der Waals surface area contributed by atoms with E-state index >= 15 is 0 Å². The molecule has 4 nitrogen and oxygen atoms in total. The molecule has 2 N–H and O–H groups in total. The highest BCUT2D eigenvalue weighted by Gasteiger charge is 2.15. The van der Waals surface area contributed by atoms with Crippen LogP contribution >= 0.6 is 0 Å². The van der Waals surface area contributed by atoms with Gasteiger partial charge in [0.15, 0.2) is 0 Å². The Hall–Kier alpha value is -1.42. The highest BCUT2D eigenvalue weighted by Crippen LogP contribution is 2.09. The van der Waals surface area contributed by atoms with Crippen molar-refractivity contribution in [2.24, 2.45) is 0 Å². The van der Waals surface area contributed by atoms with Crippen LogP contribution in [0, 0.1) is 13.8 Å². The quantitative estimate of drug-likeness (QED) is 0.850. The first-order chi connectivity index (χ1) is 8.65. The number of aryl methyl sites for hydroxylation is 2. The number of amides is 1. The van der Waals surface area contributed by atoms with Gasteiger partial charge in [-0.3, -0.25) is 9.78 Å². The normalized spacial score (nSPS) is 20.3. The third kappa shape index (κ3) is 3.53. The summed E-state index contributed by atoms with van der Waals surface area (Å²) < 4.78 is 0. The van der Waals surface area contributed by atoms with Crippen molar-refractivity contribution >= 4 is 5.91 Å². The van der Waals surface area contributed by atoms with Crippen LogP contribution in [0.3, 0.4) is 0 Å². The molecule has 1 saturated heterocycles. The first-order valence-electron chi connectivity index (χ1n) is 6.57. The summed E-state index contributed by atoms with van der Waals surface area (Å²) in [7, 11) is 0. The molecule has 0 unspecified atom stereocenters. The molecule has 0 aromatic carbocycles. The molecule has 0 spiro atoms. The monoisotopic (exact) mass is 247 g/mol. The third-order valence-electron chi connectivity index (χ3n) is 3.53. The van der Waals surface area contributed by atoms with Crippen LogP contribution < -0.4 is 10.6 Å². The van der Waals surface area contributed by atoms with Gasteiger partial charge in [-0.05, 0) is 37.8 Å². The molecule has 1 aromatic heterocycles. The van der Waals surface area contributed by atoms with Gasteiger partial charge in [0.05, 0.1) is 0 Å². The molecule has 1 atom stereocenters. The summed E-state index contributed by atoms with van der Waals surface area (Å²) >= 11 is 0. The third-order valence-corrected chi connectivity index (χ3v) is 3.53. The number of hydrogen-bond acceptors (Lipinski definition) is 3. The van der Waals surface area contributed by atoms with E-state index in [0.29, 0.717) is 12.5 Å². The standard InChI is InChI=1S/C14H21N3O/c1-10-7-12(8-16-11(10)2)9-17-13-3-4-14(18)15-6-5-13/h7-8,13,17H,3-6,9H2,1-2H3,(H,15,18)/t13-/m1/s1. The predicted octanol–water partition coefficient (Wildman–Crippen LogP) is 1.46. The Morgan fingerprint density at radius 1 is 1.44 bits per heavy atom. The van der Waals surface area contributed by atoms with E-state index in [1.807, 2.05) is 13.1 Å². The number of nitrogens with one attached hydrogen (secondary N) is 2. The molecule has 18 heavy (non-hydrogen) atoms. The maximum absolute atomic E-state index is 11.2. The summed E-state index contributed by atoms with van der Waals surface area (Å²) in [5, 5.41) is 6.41. The molecule has 1 aromatic rings. The molecular formula is C14H21N3O. The van der Waals surface area contributed by atoms with E-state index in [4.69, 9.17) is 0 Å². The van der Waals surface area contributed by atoms with Crippen LogP contribution in [0.15, 0.2) is 12.3 Å². The van der Waals surface area contributed by atoms with Crippen LogP contribution in [-0.2, 0) is 11.3 Å². The fourth-order valence-electron chi connectivity index (χ4n) is 2.19. The van der Waals surface area contributed by atoms with Crippen LogP contribution in [0.25, 0.3) is 0 Å². The summed E-state index contributed by atoms with van der Waals surface area (Å²) in [5.41, 5.74) is 3.52. The van der Waals surface area contributed by atoms with Gasteiger partial charge in [-0.15, -0.1) is 0 Å². The molecule has 1 amide bonds. The van der Waals surface area contributed by atoms with Gasteiger partial charge < -0.3 is 10.6 Å². The van der Waals surface area contributed by atoms with Crippen LogP contribution in [-0.4, -0.2) is 23.5 Å². The first kappa shape index (κ1) is 13.0. The van der Waals surface area contributed by atoms with E-state index in [-0.39, 0.29) is 5.91 Å². The fraction of sp³-hybridized carbons (Fsp3) is 0.571. The van der Waals surface area contributed by atoms with Gasteiger partial charge in [0.25, 0.3) is 0 Å². The Kier molecular flexibility index (Phi) is 4.31. The second kappa shape index (κ2) is 5.96. The maximum Gasteiger partial charge on any atom is 0.220 e. The minimum atomic E-state index is 0.173. The molecule has 2 heterocycles. The number of nitrogens with zero attached hydrogens (tertiary/aromatic N) is 1. The van der Waals surface area contributed by atoms with Gasteiger partial charge in [0.2, 0.25) is 5.91 Å². The van der Waals surface area contributed by atoms with Crippen molar-refractivity contribution in [3.8, 4) is 0 Å². The SMILES string of the molecule is Cc1cc(CN[C@H]2CCNC(=O)CC2)cnc1C. The molecule has 1 fully saturated rings. The van der Waals surface area contributed by atoms with Gasteiger partial charge in [0.1, 0.15) is 0 Å². The highest BCUT2D eigenvalue weighted by atomic mass is 16.1. The maximum atomic E-state index is 11.2. The second-order valence-corrected chi connectivity index (χ2v) is 5.00. The summed E-state index contributed by atoms with van der Waals surface area (Å²) in [6, 6.07) is 2.60. The molecule has 0 saturated carbocycles. The lowest BCUT2D eigenvalue weighted by Gasteiger charge is -2.15. The van der Waals surface area contributed by atoms with Crippen molar-refractivity contribution in [2.45, 2.75) is 45.7 Å². The first-order valence-corrected chi connectivity index (χ1v) is 6.57. The van der Waals surface area contributed by atoms with Crippen molar-refractivity contribution in [1.29, 1.82) is 0 Å². The number of aromatic nitrogens is 1. The Morgan fingerprint density at radius 3 is 3.06 bits per heavy atom. The summed E-state index contributed by atoms with van der Waals surface area (Å²) in [5.74, 6) is 0.173. The minimum absolute atomic E-state index is 0.173. The molecule has 98 valence electrons. The zero-order valence-electron chi connectivity index (χ0n) is 11.1. The Bertz CT molecular complexity index is 431. The van der Waals surface area contributed by atoms with Crippen LogP contribution in [0.1, 0.15) is 36.1 Å². The van der Waals surface area contributed by atoms with E-state index in [0.717, 1.165) is 31.6 Å². The van der Waals surface area contributed by atoms with Gasteiger partial charge in [-0.1, -0.05) is 6.07 Å². The van der Waals surface area contributed by atoms with Gasteiger partial charge in [0, 0.05) is 37.4 Å². The number of pyridine rings is 1. The second-order valence-electron chi connectivity index (χ2n) is 5.00. The highest BCUT2D eigenvalue weighted by molar-refractivity contribution is 5.76. The molecule has 0 radical (unpaired) electrons. The fourth-order valence-corrected chi connectivity index (χ4v) is 2.19. The van der Waals surface area contributed by atoms with E-state index < -0.39 is 0 Å². The van der Waals surface area contributed by atoms with Gasteiger partial charge in [-0.2, -0.15) is 0 Å². The van der Waals surface area contributed by atoms with Crippen molar-refractivity contribution in [1.82, 2.24) is 15.6 Å². The zero-order valence-corrected chi connectivity index (χ0v) is 11.1. The van der Waals surface area contributed by atoms with Crippen molar-refractivity contribution < 1.29 is 4.79 Å². The van der Waals surface area contributed by atoms with E-state index in [1.54, 1.807) is 0 Å². The molecule has 4 heteroatoms. The van der Waals surface area contributed by atoms with E-state index in [1.165, 1.54) is 11.1 Å². The summed E-state index contributed by atoms with van der Waals surface area (Å²) in [6.07, 6.45) is 4.48. The molecule has 2 rings (SSSR count). The average Bonchev–Trinajstić information content (AvgIpc) is 2.56. The molecule has 1 aliphatic rings. The van der Waals surface area contributed by atoms with Crippen molar-refractivity contribution in [2.75, 3.05) is 6.54 Å². The number of rotatable bonds is 3. The van der Waals surface area contributed by atoms with Crippen LogP contribution in [0.5, 0.6) is 0 Å². The molecular weight excluding hydrogens is 226 g/mol. The average molecular weight is 247 g/mol. The Labute approximate surface area is 108 Å². The largest absolute Gasteiger partial charge is 0.356 e. The van der Waals surface area contributed by atoms with Gasteiger partial charge >= 0.3 is 0 Å². The molecule has 1 aliphatic heterocycles. The zero-order chi connectivity index (χ0) is 13.0. The van der Waals surface area contributed by atoms with Crippen LogP contribution in [0.4, 0.5) is 0 Å². The predicted molar refractivity (Wildman–Crippen MR) is 71.2 cm³/mol. The van der Waals surface area contributed by atoms with Crippen molar-refractivity contribution in [3.05, 3.63) is 29.1 Å². The molecule has 0 bridgehead atoms. The summed E-state index contributed by atoms with van der Waals surface area (Å²) in [4.78, 5) is 15.6. The summed E-state index contributed by atoms with van der Waals surface area (Å²) in [6.45, 7) is 5.71. The van der Waals surface area contributed by atoms with E-state index in [2.05, 4.69) is 28.6 Å². The smallest absolute Gasteiger partial charge is 0.220 e. The van der Waals surface area contributed by atoms with Crippen LogP contribution in [0.2, 0.25) is 0 Å². The minimum Gasteiger partial charge on any atom is -0.356 e. The Balaban J connectivity index is 1.86. The van der Waals surface area contributed by atoms with Crippen molar-refractivity contribution in [3.63, 3.8) is 0 Å². The topological polar surface area (TPSA) is 54.0 Å². The van der Waals surface area contributed by atoms with Gasteiger partial charge in [-0.25, -0.2) is 0 Å². The lowest BCUT2D eigenvalue weighted by Crippen LogP contribution is -2.29. The number of hydrogen-bond donors (Lipinski definition) is 2. The van der Waals surface area contributed by atoms with E-state index in [9.17, 15) is 4.79 Å². The lowest BCUT2D eigenvalue weighted by molar-refractivity contribution is -0.120. The Morgan fingerprint density at radius 2 is 2.28 bits per heavy atom. The molecule has 0 aliphatic carbocycles. The lowest BCUT2D eigenvalue weighted by atomic mass is 10.1. The number of carbonyl (C=O) groups is 1.